The van der Waals surface area contributed by atoms with Gasteiger partial charge < -0.3 is 15.3 Å². The van der Waals surface area contributed by atoms with Crippen LogP contribution in [0.5, 0.6) is 0 Å². The molecule has 2 N–H and O–H groups in total. The van der Waals surface area contributed by atoms with E-state index in [1.54, 1.807) is 22.0 Å². The first kappa shape index (κ1) is 19.5. The van der Waals surface area contributed by atoms with Crippen molar-refractivity contribution in [2.24, 2.45) is 0 Å². The summed E-state index contributed by atoms with van der Waals surface area (Å²) >= 11 is 0. The van der Waals surface area contributed by atoms with E-state index in [0.717, 1.165) is 12.0 Å². The summed E-state index contributed by atoms with van der Waals surface area (Å²) in [5.41, 5.74) is 1.05. The molecular formula is C20H29N5O2. The summed E-state index contributed by atoms with van der Waals surface area (Å²) in [6, 6.07) is 8.39. The van der Waals surface area contributed by atoms with Crippen LogP contribution >= 0.6 is 0 Å². The zero-order valence-corrected chi connectivity index (χ0v) is 16.1. The van der Waals surface area contributed by atoms with Crippen LogP contribution in [0.3, 0.4) is 0 Å². The molecular weight excluding hydrogens is 342 g/mol. The molecule has 1 saturated heterocycles. The first-order valence-corrected chi connectivity index (χ1v) is 9.63. The Balaban J connectivity index is 1.53. The lowest BCUT2D eigenvalue weighted by Gasteiger charge is -2.38. The molecule has 0 radical (unpaired) electrons. The van der Waals surface area contributed by atoms with Crippen molar-refractivity contribution in [1.82, 2.24) is 25.2 Å². The van der Waals surface area contributed by atoms with Crippen molar-refractivity contribution < 1.29 is 9.90 Å². The molecule has 3 rings (SSSR count). The molecule has 1 amide bonds. The maximum absolute atomic E-state index is 12.9. The molecule has 1 aromatic carbocycles. The number of carbonyl (C=O) groups excluding carboxylic acids is 1. The van der Waals surface area contributed by atoms with Crippen molar-refractivity contribution in [2.45, 2.75) is 51.3 Å². The molecule has 27 heavy (non-hydrogen) atoms. The molecule has 1 aromatic heterocycles. The molecule has 146 valence electrons. The van der Waals surface area contributed by atoms with Crippen molar-refractivity contribution >= 4 is 5.91 Å². The molecule has 0 saturated carbocycles. The molecule has 1 atom stereocenters. The van der Waals surface area contributed by atoms with E-state index >= 15 is 0 Å². The van der Waals surface area contributed by atoms with Crippen molar-refractivity contribution in [3.05, 3.63) is 47.8 Å². The first-order valence-electron chi connectivity index (χ1n) is 9.63. The number of hydrogen-bond donors (Lipinski definition) is 2. The Morgan fingerprint density at radius 2 is 2.07 bits per heavy atom. The Kier molecular flexibility index (Phi) is 6.23. The van der Waals surface area contributed by atoms with E-state index in [0.29, 0.717) is 38.5 Å². The third-order valence-corrected chi connectivity index (χ3v) is 5.13. The highest BCUT2D eigenvalue weighted by molar-refractivity contribution is 5.86. The highest BCUT2D eigenvalue weighted by atomic mass is 16.3. The van der Waals surface area contributed by atoms with E-state index in [2.05, 4.69) is 53.7 Å². The van der Waals surface area contributed by atoms with Gasteiger partial charge in [0.15, 0.2) is 5.60 Å². The Morgan fingerprint density at radius 3 is 2.74 bits per heavy atom. The Labute approximate surface area is 160 Å². The molecule has 7 nitrogen and oxygen atoms in total. The predicted octanol–water partition coefficient (Wildman–Crippen LogP) is 1.54. The lowest BCUT2D eigenvalue weighted by Crippen LogP contribution is -2.57. The SMILES string of the molecule is CC(C)c1ccc(CN2CCC[C@](O)(CNCCn3ccnn3)C2=O)cc1. The van der Waals surface area contributed by atoms with Crippen LogP contribution < -0.4 is 5.32 Å². The van der Waals surface area contributed by atoms with Gasteiger partial charge in [0.2, 0.25) is 0 Å². The lowest BCUT2D eigenvalue weighted by molar-refractivity contribution is -0.157. The summed E-state index contributed by atoms with van der Waals surface area (Å²) in [7, 11) is 0. The lowest BCUT2D eigenvalue weighted by atomic mass is 9.91. The monoisotopic (exact) mass is 371 g/mol. The standard InChI is InChI=1S/C20H29N5O2/c1-16(2)18-6-4-17(5-7-18)14-24-11-3-8-20(27,19(24)26)15-21-9-12-25-13-10-22-23-25/h4-7,10,13,16,21,27H,3,8-9,11-12,14-15H2,1-2H3/t20-/m0/s1. The highest BCUT2D eigenvalue weighted by Crippen LogP contribution is 2.24. The van der Waals surface area contributed by atoms with E-state index in [1.807, 2.05) is 0 Å². The minimum absolute atomic E-state index is 0.185. The smallest absolute Gasteiger partial charge is 0.256 e. The summed E-state index contributed by atoms with van der Waals surface area (Å²) in [5.74, 6) is 0.305. The Morgan fingerprint density at radius 1 is 1.30 bits per heavy atom. The minimum atomic E-state index is -1.33. The van der Waals surface area contributed by atoms with Crippen molar-refractivity contribution in [3.8, 4) is 0 Å². The topological polar surface area (TPSA) is 83.3 Å². The van der Waals surface area contributed by atoms with Gasteiger partial charge in [0, 0.05) is 32.4 Å². The fraction of sp³-hybridized carbons (Fsp3) is 0.550. The molecule has 0 aliphatic carbocycles. The largest absolute Gasteiger partial charge is 0.379 e. The molecule has 0 spiro atoms. The highest BCUT2D eigenvalue weighted by Gasteiger charge is 2.41. The maximum atomic E-state index is 12.9. The minimum Gasteiger partial charge on any atom is -0.379 e. The third-order valence-electron chi connectivity index (χ3n) is 5.13. The number of nitrogens with one attached hydrogen (secondary N) is 1. The zero-order valence-electron chi connectivity index (χ0n) is 16.1. The third kappa shape index (κ3) is 4.93. The van der Waals surface area contributed by atoms with Gasteiger partial charge in [0.05, 0.1) is 12.7 Å². The summed E-state index contributed by atoms with van der Waals surface area (Å²) in [4.78, 5) is 14.6. The van der Waals surface area contributed by atoms with Gasteiger partial charge in [-0.25, -0.2) is 0 Å². The summed E-state index contributed by atoms with van der Waals surface area (Å²) in [6.07, 6.45) is 4.71. The maximum Gasteiger partial charge on any atom is 0.256 e. The van der Waals surface area contributed by atoms with Gasteiger partial charge in [-0.05, 0) is 29.9 Å². The number of nitrogens with zero attached hydrogens (tertiary/aromatic N) is 4. The quantitative estimate of drug-likeness (QED) is 0.688. The van der Waals surface area contributed by atoms with Crippen LogP contribution in [0.15, 0.2) is 36.7 Å². The van der Waals surface area contributed by atoms with Gasteiger partial charge in [-0.3, -0.25) is 9.48 Å². The summed E-state index contributed by atoms with van der Waals surface area (Å²) in [5, 5.41) is 21.7. The van der Waals surface area contributed by atoms with E-state index in [-0.39, 0.29) is 12.5 Å². The van der Waals surface area contributed by atoms with Crippen LogP contribution in [0, 0.1) is 0 Å². The number of rotatable bonds is 8. The molecule has 0 unspecified atom stereocenters. The average Bonchev–Trinajstić information content (AvgIpc) is 3.17. The van der Waals surface area contributed by atoms with Crippen molar-refractivity contribution in [2.75, 3.05) is 19.6 Å². The Hall–Kier alpha value is -2.25. The number of likely N-dealkylation sites (tertiary alicyclic amines) is 1. The van der Waals surface area contributed by atoms with Crippen LogP contribution in [0.4, 0.5) is 0 Å². The molecule has 1 fully saturated rings. The average molecular weight is 371 g/mol. The molecule has 7 heteroatoms. The van der Waals surface area contributed by atoms with Crippen LogP contribution in [0.25, 0.3) is 0 Å². The van der Waals surface area contributed by atoms with Gasteiger partial charge in [-0.1, -0.05) is 43.3 Å². The molecule has 1 aliphatic rings. The fourth-order valence-corrected chi connectivity index (χ4v) is 3.45. The second kappa shape index (κ2) is 8.63. The second-order valence-electron chi connectivity index (χ2n) is 7.60. The van der Waals surface area contributed by atoms with Crippen LogP contribution in [-0.4, -0.2) is 56.1 Å². The van der Waals surface area contributed by atoms with Gasteiger partial charge in [-0.15, -0.1) is 5.10 Å². The first-order chi connectivity index (χ1) is 13.0. The zero-order chi connectivity index (χ0) is 19.3. The van der Waals surface area contributed by atoms with Gasteiger partial charge in [-0.2, -0.15) is 0 Å². The van der Waals surface area contributed by atoms with E-state index < -0.39 is 5.60 Å². The molecule has 1 aliphatic heterocycles. The molecule has 2 aromatic rings. The van der Waals surface area contributed by atoms with Crippen LogP contribution in [0.2, 0.25) is 0 Å². The van der Waals surface area contributed by atoms with Crippen molar-refractivity contribution in [3.63, 3.8) is 0 Å². The Bertz CT molecular complexity index is 729. The normalized spacial score (nSPS) is 20.4. The molecule has 0 bridgehead atoms. The predicted molar refractivity (Wildman–Crippen MR) is 103 cm³/mol. The fourth-order valence-electron chi connectivity index (χ4n) is 3.45. The number of hydrogen-bond acceptors (Lipinski definition) is 5. The second-order valence-corrected chi connectivity index (χ2v) is 7.60. The number of amides is 1. The van der Waals surface area contributed by atoms with Gasteiger partial charge in [0.1, 0.15) is 0 Å². The van der Waals surface area contributed by atoms with Gasteiger partial charge in [0.25, 0.3) is 5.91 Å². The van der Waals surface area contributed by atoms with Crippen molar-refractivity contribution in [1.29, 1.82) is 0 Å². The van der Waals surface area contributed by atoms with Gasteiger partial charge >= 0.3 is 0 Å². The number of aromatic nitrogens is 3. The summed E-state index contributed by atoms with van der Waals surface area (Å²) < 4.78 is 1.72. The number of benzene rings is 1. The molecule has 2 heterocycles. The number of carbonyl (C=O) groups is 1. The van der Waals surface area contributed by atoms with E-state index in [1.165, 1.54) is 5.56 Å². The van der Waals surface area contributed by atoms with E-state index in [4.69, 9.17) is 0 Å². The van der Waals surface area contributed by atoms with Crippen LogP contribution in [0.1, 0.15) is 43.7 Å². The number of aliphatic hydroxyl groups is 1. The summed E-state index contributed by atoms with van der Waals surface area (Å²) in [6.45, 7) is 7.08. The van der Waals surface area contributed by atoms with Crippen LogP contribution in [-0.2, 0) is 17.9 Å². The van der Waals surface area contributed by atoms with E-state index in [9.17, 15) is 9.90 Å². The number of piperidine rings is 1.